The van der Waals surface area contributed by atoms with Gasteiger partial charge in [-0.25, -0.2) is 4.79 Å². The quantitative estimate of drug-likeness (QED) is 0.372. The van der Waals surface area contributed by atoms with E-state index in [1.807, 2.05) is 0 Å². The predicted molar refractivity (Wildman–Crippen MR) is 121 cm³/mol. The Balaban J connectivity index is 1.70. The summed E-state index contributed by atoms with van der Waals surface area (Å²) < 4.78 is 0.322. The molecule has 1 aromatic heterocycles. The summed E-state index contributed by atoms with van der Waals surface area (Å²) in [6.07, 6.45) is 2.76. The molecule has 8 nitrogen and oxygen atoms in total. The van der Waals surface area contributed by atoms with Gasteiger partial charge < -0.3 is 20.8 Å². The number of benzene rings is 2. The van der Waals surface area contributed by atoms with Crippen LogP contribution in [0.2, 0.25) is 0 Å². The molecule has 3 aromatic rings. The fraction of sp³-hybridized carbons (Fsp3) is 0.0435. The standard InChI is InChI=1S/C23H18BrN3O5/c24-19-11-15(21(29)26-13-14-4-3-6-17(28)10-14)7-8-18(19)22(30)27-20(23(31)32)12-16-5-1-2-9-25-16/h1-12,28H,13H2,(H,26,29)(H,27,30)(H,31,32)/b20-12+. The van der Waals surface area contributed by atoms with E-state index in [2.05, 4.69) is 31.5 Å². The van der Waals surface area contributed by atoms with Crippen molar-refractivity contribution in [2.75, 3.05) is 0 Å². The van der Waals surface area contributed by atoms with E-state index < -0.39 is 11.9 Å². The highest BCUT2D eigenvalue weighted by Crippen LogP contribution is 2.20. The zero-order chi connectivity index (χ0) is 23.1. The van der Waals surface area contributed by atoms with E-state index in [0.717, 1.165) is 5.56 Å². The van der Waals surface area contributed by atoms with Gasteiger partial charge >= 0.3 is 5.97 Å². The summed E-state index contributed by atoms with van der Waals surface area (Å²) in [6.45, 7) is 0.216. The first-order chi connectivity index (χ1) is 15.3. The molecule has 2 amide bonds. The number of phenolic OH excluding ortho intramolecular Hbond substituents is 1. The zero-order valence-corrected chi connectivity index (χ0v) is 18.2. The van der Waals surface area contributed by atoms with Crippen molar-refractivity contribution in [2.45, 2.75) is 6.54 Å². The first-order valence-corrected chi connectivity index (χ1v) is 10.2. The summed E-state index contributed by atoms with van der Waals surface area (Å²) in [6, 6.07) is 15.9. The molecule has 1 heterocycles. The Morgan fingerprint density at radius 2 is 1.81 bits per heavy atom. The minimum atomic E-state index is -1.32. The smallest absolute Gasteiger partial charge is 0.352 e. The van der Waals surface area contributed by atoms with Crippen molar-refractivity contribution in [3.8, 4) is 5.75 Å². The van der Waals surface area contributed by atoms with Gasteiger partial charge in [0.05, 0.1) is 11.3 Å². The number of carboxylic acids is 1. The Labute approximate surface area is 191 Å². The normalized spacial score (nSPS) is 11.0. The molecule has 0 atom stereocenters. The van der Waals surface area contributed by atoms with E-state index in [9.17, 15) is 24.6 Å². The fourth-order valence-electron chi connectivity index (χ4n) is 2.74. The summed E-state index contributed by atoms with van der Waals surface area (Å²) in [5.74, 6) is -2.24. The number of aromatic hydroxyl groups is 1. The van der Waals surface area contributed by atoms with E-state index in [1.165, 1.54) is 36.5 Å². The van der Waals surface area contributed by atoms with Crippen LogP contribution in [-0.2, 0) is 11.3 Å². The molecule has 9 heteroatoms. The molecule has 0 saturated heterocycles. The number of aromatic nitrogens is 1. The lowest BCUT2D eigenvalue weighted by Gasteiger charge is -2.10. The average Bonchev–Trinajstić information content (AvgIpc) is 2.77. The molecule has 0 bridgehead atoms. The summed E-state index contributed by atoms with van der Waals surface area (Å²) in [5.41, 5.74) is 1.23. The third-order valence-corrected chi connectivity index (χ3v) is 4.95. The van der Waals surface area contributed by atoms with Gasteiger partial charge in [0.15, 0.2) is 0 Å². The van der Waals surface area contributed by atoms with Crippen molar-refractivity contribution < 1.29 is 24.6 Å². The highest BCUT2D eigenvalue weighted by molar-refractivity contribution is 9.10. The van der Waals surface area contributed by atoms with Crippen LogP contribution in [0.4, 0.5) is 0 Å². The Morgan fingerprint density at radius 3 is 2.47 bits per heavy atom. The summed E-state index contributed by atoms with van der Waals surface area (Å²) in [4.78, 5) is 40.6. The minimum absolute atomic E-state index is 0.104. The fourth-order valence-corrected chi connectivity index (χ4v) is 3.30. The molecule has 0 aliphatic carbocycles. The second-order valence-electron chi connectivity index (χ2n) is 6.62. The van der Waals surface area contributed by atoms with Crippen molar-refractivity contribution in [2.24, 2.45) is 0 Å². The molecular formula is C23H18BrN3O5. The van der Waals surface area contributed by atoms with Crippen molar-refractivity contribution in [3.05, 3.63) is 99.4 Å². The van der Waals surface area contributed by atoms with Gasteiger partial charge in [0.1, 0.15) is 11.4 Å². The molecular weight excluding hydrogens is 478 g/mol. The molecule has 162 valence electrons. The highest BCUT2D eigenvalue weighted by Gasteiger charge is 2.17. The first kappa shape index (κ1) is 22.7. The second-order valence-corrected chi connectivity index (χ2v) is 7.47. The number of halogens is 1. The Hall–Kier alpha value is -3.98. The van der Waals surface area contributed by atoms with Gasteiger partial charge in [0, 0.05) is 22.8 Å². The van der Waals surface area contributed by atoms with E-state index in [0.29, 0.717) is 15.7 Å². The van der Waals surface area contributed by atoms with Crippen molar-refractivity contribution >= 4 is 39.8 Å². The number of nitrogens with one attached hydrogen (secondary N) is 2. The van der Waals surface area contributed by atoms with Gasteiger partial charge in [-0.3, -0.25) is 14.6 Å². The largest absolute Gasteiger partial charge is 0.508 e. The van der Waals surface area contributed by atoms with Gasteiger partial charge in [0.25, 0.3) is 11.8 Å². The van der Waals surface area contributed by atoms with Crippen LogP contribution in [0.15, 0.2) is 77.0 Å². The SMILES string of the molecule is O=C(O)/C(=C\c1ccccn1)NC(=O)c1ccc(C(=O)NCc2cccc(O)c2)cc1Br. The van der Waals surface area contributed by atoms with Crippen LogP contribution in [0.3, 0.4) is 0 Å². The van der Waals surface area contributed by atoms with Crippen LogP contribution in [0.1, 0.15) is 32.0 Å². The number of aliphatic carboxylic acids is 1. The highest BCUT2D eigenvalue weighted by atomic mass is 79.9. The average molecular weight is 496 g/mol. The maximum absolute atomic E-state index is 12.6. The molecule has 0 unspecified atom stereocenters. The summed E-state index contributed by atoms with van der Waals surface area (Å²) in [7, 11) is 0. The van der Waals surface area contributed by atoms with Gasteiger partial charge in [-0.15, -0.1) is 0 Å². The lowest BCUT2D eigenvalue weighted by molar-refractivity contribution is -0.132. The van der Waals surface area contributed by atoms with Crippen LogP contribution in [0.25, 0.3) is 6.08 Å². The van der Waals surface area contributed by atoms with E-state index in [4.69, 9.17) is 0 Å². The van der Waals surface area contributed by atoms with E-state index in [1.54, 1.807) is 36.4 Å². The Bertz CT molecular complexity index is 1200. The van der Waals surface area contributed by atoms with Crippen LogP contribution >= 0.6 is 15.9 Å². The topological polar surface area (TPSA) is 129 Å². The van der Waals surface area contributed by atoms with E-state index in [-0.39, 0.29) is 29.5 Å². The molecule has 32 heavy (non-hydrogen) atoms. The zero-order valence-electron chi connectivity index (χ0n) is 16.6. The maximum atomic E-state index is 12.6. The third kappa shape index (κ3) is 6.02. The maximum Gasteiger partial charge on any atom is 0.352 e. The van der Waals surface area contributed by atoms with Crippen molar-refractivity contribution in [1.82, 2.24) is 15.6 Å². The van der Waals surface area contributed by atoms with Crippen molar-refractivity contribution in [1.29, 1.82) is 0 Å². The lowest BCUT2D eigenvalue weighted by atomic mass is 10.1. The Kier molecular flexibility index (Phi) is 7.35. The number of hydrogen-bond donors (Lipinski definition) is 4. The minimum Gasteiger partial charge on any atom is -0.508 e. The molecule has 2 aromatic carbocycles. The van der Waals surface area contributed by atoms with Gasteiger partial charge in [-0.2, -0.15) is 0 Å². The number of carbonyl (C=O) groups is 3. The third-order valence-electron chi connectivity index (χ3n) is 4.30. The number of rotatable bonds is 7. The summed E-state index contributed by atoms with van der Waals surface area (Å²) >= 11 is 3.26. The van der Waals surface area contributed by atoms with Gasteiger partial charge in [-0.1, -0.05) is 18.2 Å². The molecule has 0 aliphatic rings. The molecule has 3 rings (SSSR count). The van der Waals surface area contributed by atoms with Crippen LogP contribution in [-0.4, -0.2) is 33.0 Å². The lowest BCUT2D eigenvalue weighted by Crippen LogP contribution is -2.28. The van der Waals surface area contributed by atoms with E-state index >= 15 is 0 Å². The number of carboxylic acid groups (broad SMARTS) is 1. The van der Waals surface area contributed by atoms with Gasteiger partial charge in [-0.05, 0) is 70.0 Å². The number of hydrogen-bond acceptors (Lipinski definition) is 5. The second kappa shape index (κ2) is 10.4. The number of carbonyl (C=O) groups excluding carboxylic acids is 2. The van der Waals surface area contributed by atoms with Crippen LogP contribution in [0, 0.1) is 0 Å². The summed E-state index contributed by atoms with van der Waals surface area (Å²) in [5, 5.41) is 24.0. The molecule has 0 aliphatic heterocycles. The predicted octanol–water partition coefficient (Wildman–Crippen LogP) is 3.34. The number of phenols is 1. The molecule has 0 fully saturated rings. The molecule has 0 saturated carbocycles. The van der Waals surface area contributed by atoms with Crippen LogP contribution < -0.4 is 10.6 Å². The number of amides is 2. The molecule has 4 N–H and O–H groups in total. The molecule has 0 spiro atoms. The van der Waals surface area contributed by atoms with Gasteiger partial charge in [0.2, 0.25) is 0 Å². The number of pyridine rings is 1. The molecule has 0 radical (unpaired) electrons. The van der Waals surface area contributed by atoms with Crippen LogP contribution in [0.5, 0.6) is 5.75 Å². The first-order valence-electron chi connectivity index (χ1n) is 9.36. The monoisotopic (exact) mass is 495 g/mol. The number of nitrogens with zero attached hydrogens (tertiary/aromatic N) is 1. The van der Waals surface area contributed by atoms with Crippen molar-refractivity contribution in [3.63, 3.8) is 0 Å². The Morgan fingerprint density at radius 1 is 1.00 bits per heavy atom.